The van der Waals surface area contributed by atoms with E-state index in [1.807, 2.05) is 30.3 Å². The van der Waals surface area contributed by atoms with Crippen LogP contribution in [0.5, 0.6) is 5.75 Å². The normalized spacial score (nSPS) is 10.7. The monoisotopic (exact) mass is 275 g/mol. The second-order valence-electron chi connectivity index (χ2n) is 3.67. The van der Waals surface area contributed by atoms with E-state index in [0.717, 1.165) is 37.0 Å². The first-order valence-electron chi connectivity index (χ1n) is 5.30. The SMILES string of the molecule is COc1ccc2nc(-c3ccc(C=O)s3)sc2c1. The van der Waals surface area contributed by atoms with Crippen molar-refractivity contribution in [1.29, 1.82) is 0 Å². The molecule has 3 rings (SSSR count). The van der Waals surface area contributed by atoms with E-state index in [1.165, 1.54) is 11.3 Å². The summed E-state index contributed by atoms with van der Waals surface area (Å²) in [6, 6.07) is 9.58. The van der Waals surface area contributed by atoms with Crippen LogP contribution in [0.1, 0.15) is 9.67 Å². The van der Waals surface area contributed by atoms with E-state index in [1.54, 1.807) is 18.4 Å². The number of thiophene rings is 1. The van der Waals surface area contributed by atoms with Gasteiger partial charge in [0.25, 0.3) is 0 Å². The van der Waals surface area contributed by atoms with Gasteiger partial charge in [-0.2, -0.15) is 0 Å². The Kier molecular flexibility index (Phi) is 2.85. The fourth-order valence-corrected chi connectivity index (χ4v) is 3.54. The first-order valence-corrected chi connectivity index (χ1v) is 6.93. The minimum Gasteiger partial charge on any atom is -0.497 e. The van der Waals surface area contributed by atoms with E-state index in [4.69, 9.17) is 4.74 Å². The van der Waals surface area contributed by atoms with Crippen LogP contribution in [0.2, 0.25) is 0 Å². The van der Waals surface area contributed by atoms with Crippen molar-refractivity contribution in [2.24, 2.45) is 0 Å². The fourth-order valence-electron chi connectivity index (χ4n) is 1.67. The molecule has 0 fully saturated rings. The molecule has 0 bridgehead atoms. The van der Waals surface area contributed by atoms with Gasteiger partial charge < -0.3 is 4.74 Å². The molecule has 3 nitrogen and oxygen atoms in total. The lowest BCUT2D eigenvalue weighted by molar-refractivity contribution is 0.112. The number of methoxy groups -OCH3 is 1. The minimum absolute atomic E-state index is 0.724. The van der Waals surface area contributed by atoms with Gasteiger partial charge in [-0.15, -0.1) is 22.7 Å². The van der Waals surface area contributed by atoms with E-state index in [9.17, 15) is 4.79 Å². The lowest BCUT2D eigenvalue weighted by atomic mass is 10.3. The van der Waals surface area contributed by atoms with Gasteiger partial charge in [-0.1, -0.05) is 0 Å². The number of rotatable bonds is 3. The Balaban J connectivity index is 2.09. The van der Waals surface area contributed by atoms with Crippen LogP contribution in [0, 0.1) is 0 Å². The number of hydrogen-bond donors (Lipinski definition) is 0. The molecule has 0 saturated carbocycles. The number of carbonyl (C=O) groups excluding carboxylic acids is 1. The van der Waals surface area contributed by atoms with Crippen LogP contribution in [0.25, 0.3) is 20.1 Å². The number of hydrogen-bond acceptors (Lipinski definition) is 5. The first-order chi connectivity index (χ1) is 8.80. The Morgan fingerprint density at radius 3 is 2.83 bits per heavy atom. The number of aldehydes is 1. The second-order valence-corrected chi connectivity index (χ2v) is 5.82. The summed E-state index contributed by atoms with van der Waals surface area (Å²) < 4.78 is 6.28. The Labute approximate surface area is 112 Å². The van der Waals surface area contributed by atoms with Crippen molar-refractivity contribution in [2.75, 3.05) is 7.11 Å². The number of fused-ring (bicyclic) bond motifs is 1. The van der Waals surface area contributed by atoms with Crippen molar-refractivity contribution in [2.45, 2.75) is 0 Å². The maximum absolute atomic E-state index is 10.7. The third kappa shape index (κ3) is 1.91. The van der Waals surface area contributed by atoms with E-state index in [0.29, 0.717) is 0 Å². The second kappa shape index (κ2) is 4.51. The summed E-state index contributed by atoms with van der Waals surface area (Å²) in [5.41, 5.74) is 0.955. The number of benzene rings is 1. The molecule has 2 aromatic heterocycles. The third-order valence-electron chi connectivity index (χ3n) is 2.55. The molecule has 0 aliphatic heterocycles. The summed E-state index contributed by atoms with van der Waals surface area (Å²) in [5.74, 6) is 0.831. The summed E-state index contributed by atoms with van der Waals surface area (Å²) in [7, 11) is 1.65. The highest BCUT2D eigenvalue weighted by Gasteiger charge is 2.09. The molecule has 90 valence electrons. The lowest BCUT2D eigenvalue weighted by Crippen LogP contribution is -1.80. The molecule has 0 radical (unpaired) electrons. The molecule has 5 heteroatoms. The average Bonchev–Trinajstić information content (AvgIpc) is 3.03. The van der Waals surface area contributed by atoms with Crippen molar-refractivity contribution in [1.82, 2.24) is 4.98 Å². The largest absolute Gasteiger partial charge is 0.497 e. The fraction of sp³-hybridized carbons (Fsp3) is 0.0769. The molecule has 18 heavy (non-hydrogen) atoms. The smallest absolute Gasteiger partial charge is 0.160 e. The van der Waals surface area contributed by atoms with E-state index < -0.39 is 0 Å². The number of ether oxygens (including phenoxy) is 1. The van der Waals surface area contributed by atoms with Crippen molar-refractivity contribution in [3.8, 4) is 15.6 Å². The minimum atomic E-state index is 0.724. The van der Waals surface area contributed by atoms with Crippen LogP contribution in [0.15, 0.2) is 30.3 Å². The molecular formula is C13H9NO2S2. The number of carbonyl (C=O) groups is 1. The van der Waals surface area contributed by atoms with Crippen LogP contribution in [0.4, 0.5) is 0 Å². The first kappa shape index (κ1) is 11.4. The topological polar surface area (TPSA) is 39.2 Å². The predicted molar refractivity (Wildman–Crippen MR) is 74.9 cm³/mol. The van der Waals surface area contributed by atoms with Crippen LogP contribution in [-0.4, -0.2) is 18.4 Å². The Morgan fingerprint density at radius 1 is 1.22 bits per heavy atom. The molecule has 2 heterocycles. The van der Waals surface area contributed by atoms with Gasteiger partial charge in [0.1, 0.15) is 10.8 Å². The number of thiazole rings is 1. The molecule has 0 amide bonds. The van der Waals surface area contributed by atoms with Gasteiger partial charge in [0, 0.05) is 0 Å². The predicted octanol–water partition coefficient (Wildman–Crippen LogP) is 3.85. The van der Waals surface area contributed by atoms with Crippen molar-refractivity contribution in [3.05, 3.63) is 35.2 Å². The molecule has 0 saturated heterocycles. The van der Waals surface area contributed by atoms with Gasteiger partial charge in [0.15, 0.2) is 6.29 Å². The van der Waals surface area contributed by atoms with Crippen molar-refractivity contribution < 1.29 is 9.53 Å². The zero-order valence-electron chi connectivity index (χ0n) is 9.54. The molecular weight excluding hydrogens is 266 g/mol. The van der Waals surface area contributed by atoms with E-state index in [-0.39, 0.29) is 0 Å². The zero-order valence-corrected chi connectivity index (χ0v) is 11.2. The Morgan fingerprint density at radius 2 is 2.11 bits per heavy atom. The number of aromatic nitrogens is 1. The number of nitrogens with zero attached hydrogens (tertiary/aromatic N) is 1. The van der Waals surface area contributed by atoms with Crippen LogP contribution in [-0.2, 0) is 0 Å². The van der Waals surface area contributed by atoms with E-state index >= 15 is 0 Å². The lowest BCUT2D eigenvalue weighted by Gasteiger charge is -1.96. The molecule has 0 aliphatic rings. The standard InChI is InChI=1S/C13H9NO2S2/c1-16-8-2-4-10-12(6-8)18-13(14-10)11-5-3-9(7-15)17-11/h2-7H,1H3. The molecule has 0 aliphatic carbocycles. The van der Waals surface area contributed by atoms with Gasteiger partial charge in [-0.05, 0) is 30.3 Å². The van der Waals surface area contributed by atoms with Gasteiger partial charge in [-0.25, -0.2) is 4.98 Å². The maximum atomic E-state index is 10.7. The molecule has 0 atom stereocenters. The highest BCUT2D eigenvalue weighted by Crippen LogP contribution is 2.35. The van der Waals surface area contributed by atoms with Gasteiger partial charge >= 0.3 is 0 Å². The van der Waals surface area contributed by atoms with Crippen LogP contribution in [0.3, 0.4) is 0 Å². The zero-order chi connectivity index (χ0) is 12.5. The third-order valence-corrected chi connectivity index (χ3v) is 4.75. The van der Waals surface area contributed by atoms with Crippen LogP contribution < -0.4 is 4.74 Å². The van der Waals surface area contributed by atoms with E-state index in [2.05, 4.69) is 4.98 Å². The molecule has 1 aromatic carbocycles. The molecule has 3 aromatic rings. The quantitative estimate of drug-likeness (QED) is 0.682. The van der Waals surface area contributed by atoms with Gasteiger partial charge in [-0.3, -0.25) is 4.79 Å². The molecule has 0 N–H and O–H groups in total. The Hall–Kier alpha value is -1.72. The average molecular weight is 275 g/mol. The summed E-state index contributed by atoms with van der Waals surface area (Å²) >= 11 is 3.07. The summed E-state index contributed by atoms with van der Waals surface area (Å²) in [6.07, 6.45) is 0.866. The van der Waals surface area contributed by atoms with Crippen LogP contribution >= 0.6 is 22.7 Å². The summed E-state index contributed by atoms with van der Waals surface area (Å²) in [6.45, 7) is 0. The molecule has 0 spiro atoms. The summed E-state index contributed by atoms with van der Waals surface area (Å²) in [4.78, 5) is 17.0. The highest BCUT2D eigenvalue weighted by atomic mass is 32.1. The maximum Gasteiger partial charge on any atom is 0.160 e. The van der Waals surface area contributed by atoms with Gasteiger partial charge in [0.05, 0.1) is 27.1 Å². The Bertz CT molecular complexity index is 715. The van der Waals surface area contributed by atoms with Crippen molar-refractivity contribution in [3.63, 3.8) is 0 Å². The summed E-state index contributed by atoms with van der Waals surface area (Å²) in [5, 5.41) is 0.941. The van der Waals surface area contributed by atoms with Gasteiger partial charge in [0.2, 0.25) is 0 Å². The molecule has 0 unspecified atom stereocenters. The highest BCUT2D eigenvalue weighted by molar-refractivity contribution is 7.26. The van der Waals surface area contributed by atoms with Crippen molar-refractivity contribution >= 4 is 39.2 Å².